The Morgan fingerprint density at radius 3 is 3.04 bits per heavy atom. The third-order valence-electron chi connectivity index (χ3n) is 3.40. The summed E-state index contributed by atoms with van der Waals surface area (Å²) in [5.41, 5.74) is 1.46. The lowest BCUT2D eigenvalue weighted by Crippen LogP contribution is -2.34. The van der Waals surface area contributed by atoms with Gasteiger partial charge in [-0.3, -0.25) is 14.9 Å². The van der Waals surface area contributed by atoms with Gasteiger partial charge >= 0.3 is 0 Å². The predicted octanol–water partition coefficient (Wildman–Crippen LogP) is 0.679. The monoisotopic (exact) mass is 315 g/mol. The van der Waals surface area contributed by atoms with E-state index in [1.807, 2.05) is 13.8 Å². The van der Waals surface area contributed by atoms with Crippen LogP contribution >= 0.6 is 0 Å². The van der Waals surface area contributed by atoms with Crippen LogP contribution in [0.4, 0.5) is 0 Å². The zero-order valence-corrected chi connectivity index (χ0v) is 12.9. The molecule has 0 unspecified atom stereocenters. The van der Waals surface area contributed by atoms with Crippen LogP contribution in [0.25, 0.3) is 11.5 Å². The van der Waals surface area contributed by atoms with Crippen molar-refractivity contribution in [3.05, 3.63) is 24.4 Å². The standard InChI is InChI=1S/C14H17N7O2/c1-8(2)9-5-11(23-21-9)14(22)17-7-12-18-13(20-19-12)10-6-15-3-4-16-10/h3-4,6,8,11H,5,7H2,1-2H3,(H,17,22)(H,18,19,20)/t11-/m1/s1. The lowest BCUT2D eigenvalue weighted by atomic mass is 10.0. The first-order chi connectivity index (χ1) is 11.1. The third kappa shape index (κ3) is 3.50. The summed E-state index contributed by atoms with van der Waals surface area (Å²) in [7, 11) is 0. The second-order valence-corrected chi connectivity index (χ2v) is 5.45. The van der Waals surface area contributed by atoms with E-state index in [0.717, 1.165) is 5.71 Å². The van der Waals surface area contributed by atoms with E-state index in [4.69, 9.17) is 4.84 Å². The van der Waals surface area contributed by atoms with Gasteiger partial charge in [-0.2, -0.15) is 5.10 Å². The number of nitrogens with one attached hydrogen (secondary N) is 2. The lowest BCUT2D eigenvalue weighted by Gasteiger charge is -2.08. The summed E-state index contributed by atoms with van der Waals surface area (Å²) in [5, 5.41) is 13.5. The van der Waals surface area contributed by atoms with E-state index in [2.05, 4.69) is 35.6 Å². The summed E-state index contributed by atoms with van der Waals surface area (Å²) in [6.07, 6.45) is 4.66. The smallest absolute Gasteiger partial charge is 0.264 e. The molecule has 0 spiro atoms. The number of carbonyl (C=O) groups excluding carboxylic acids is 1. The number of carbonyl (C=O) groups is 1. The molecule has 0 radical (unpaired) electrons. The molecule has 9 nitrogen and oxygen atoms in total. The number of hydrogen-bond acceptors (Lipinski definition) is 7. The highest BCUT2D eigenvalue weighted by molar-refractivity contribution is 5.93. The molecule has 0 bridgehead atoms. The van der Waals surface area contributed by atoms with Crippen LogP contribution in [0.15, 0.2) is 23.7 Å². The molecule has 0 fully saturated rings. The Morgan fingerprint density at radius 2 is 2.35 bits per heavy atom. The Bertz CT molecular complexity index is 711. The fraction of sp³-hybridized carbons (Fsp3) is 0.429. The van der Waals surface area contributed by atoms with Gasteiger partial charge in [0.2, 0.25) is 11.9 Å². The van der Waals surface area contributed by atoms with Crippen LogP contribution in [0.2, 0.25) is 0 Å². The topological polar surface area (TPSA) is 118 Å². The number of oxime groups is 1. The molecular weight excluding hydrogens is 298 g/mol. The van der Waals surface area contributed by atoms with E-state index < -0.39 is 6.10 Å². The van der Waals surface area contributed by atoms with Gasteiger partial charge in [0, 0.05) is 18.8 Å². The highest BCUT2D eigenvalue weighted by atomic mass is 16.6. The van der Waals surface area contributed by atoms with Gasteiger partial charge in [0.1, 0.15) is 11.5 Å². The zero-order chi connectivity index (χ0) is 16.2. The van der Waals surface area contributed by atoms with Crippen LogP contribution in [0.3, 0.4) is 0 Å². The van der Waals surface area contributed by atoms with Crippen LogP contribution in [-0.4, -0.2) is 42.9 Å². The van der Waals surface area contributed by atoms with Gasteiger partial charge in [0.15, 0.2) is 0 Å². The van der Waals surface area contributed by atoms with E-state index in [-0.39, 0.29) is 18.4 Å². The van der Waals surface area contributed by atoms with Crippen molar-refractivity contribution in [3.63, 3.8) is 0 Å². The molecule has 0 aromatic carbocycles. The Hall–Kier alpha value is -2.84. The maximum atomic E-state index is 12.1. The van der Waals surface area contributed by atoms with Crippen molar-refractivity contribution in [2.75, 3.05) is 0 Å². The molecule has 0 aliphatic carbocycles. The molecule has 3 rings (SSSR count). The van der Waals surface area contributed by atoms with E-state index in [1.165, 1.54) is 0 Å². The fourth-order valence-corrected chi connectivity index (χ4v) is 2.07. The second kappa shape index (κ2) is 6.51. The molecule has 0 saturated carbocycles. The molecule has 9 heteroatoms. The number of amides is 1. The van der Waals surface area contributed by atoms with Crippen LogP contribution in [0.1, 0.15) is 26.1 Å². The van der Waals surface area contributed by atoms with Gasteiger partial charge in [-0.1, -0.05) is 19.0 Å². The summed E-state index contributed by atoms with van der Waals surface area (Å²) < 4.78 is 0. The summed E-state index contributed by atoms with van der Waals surface area (Å²) >= 11 is 0. The molecule has 2 aromatic rings. The van der Waals surface area contributed by atoms with E-state index in [1.54, 1.807) is 18.6 Å². The van der Waals surface area contributed by atoms with Gasteiger partial charge in [-0.25, -0.2) is 9.97 Å². The quantitative estimate of drug-likeness (QED) is 0.837. The number of aromatic nitrogens is 5. The minimum atomic E-state index is -0.574. The molecular formula is C14H17N7O2. The maximum Gasteiger partial charge on any atom is 0.264 e. The molecule has 2 N–H and O–H groups in total. The largest absolute Gasteiger partial charge is 0.382 e. The van der Waals surface area contributed by atoms with Gasteiger partial charge in [-0.15, -0.1) is 0 Å². The minimum absolute atomic E-state index is 0.221. The molecule has 1 amide bonds. The van der Waals surface area contributed by atoms with Gasteiger partial charge < -0.3 is 10.2 Å². The van der Waals surface area contributed by atoms with Crippen molar-refractivity contribution in [1.82, 2.24) is 30.5 Å². The highest BCUT2D eigenvalue weighted by Crippen LogP contribution is 2.16. The molecule has 120 valence electrons. The molecule has 0 saturated heterocycles. The number of rotatable bonds is 5. The molecule has 3 heterocycles. The van der Waals surface area contributed by atoms with Crippen molar-refractivity contribution in [2.24, 2.45) is 11.1 Å². The summed E-state index contributed by atoms with van der Waals surface area (Å²) in [4.78, 5) is 29.6. The normalized spacial score (nSPS) is 17.0. The predicted molar refractivity (Wildman–Crippen MR) is 81.0 cm³/mol. The maximum absolute atomic E-state index is 12.1. The van der Waals surface area contributed by atoms with Gasteiger partial charge in [0.25, 0.3) is 5.91 Å². The SMILES string of the molecule is CC(C)C1=NO[C@@H](C(=O)NCc2nc(-c3cnccn3)n[nH]2)C1. The number of H-pyrrole nitrogens is 1. The summed E-state index contributed by atoms with van der Waals surface area (Å²) in [6.45, 7) is 4.26. The summed E-state index contributed by atoms with van der Waals surface area (Å²) in [6, 6.07) is 0. The van der Waals surface area contributed by atoms with Crippen LogP contribution in [0, 0.1) is 5.92 Å². The van der Waals surface area contributed by atoms with E-state index in [9.17, 15) is 4.79 Å². The molecule has 1 aliphatic rings. The minimum Gasteiger partial charge on any atom is -0.382 e. The first kappa shape index (κ1) is 15.1. The van der Waals surface area contributed by atoms with E-state index in [0.29, 0.717) is 23.8 Å². The van der Waals surface area contributed by atoms with Crippen molar-refractivity contribution >= 4 is 11.6 Å². The Labute approximate surface area is 132 Å². The Kier molecular flexibility index (Phi) is 4.26. The average Bonchev–Trinajstić information content (AvgIpc) is 3.23. The molecule has 23 heavy (non-hydrogen) atoms. The third-order valence-corrected chi connectivity index (χ3v) is 3.40. The van der Waals surface area contributed by atoms with Crippen molar-refractivity contribution < 1.29 is 9.63 Å². The van der Waals surface area contributed by atoms with E-state index >= 15 is 0 Å². The zero-order valence-electron chi connectivity index (χ0n) is 12.9. The first-order valence-corrected chi connectivity index (χ1v) is 7.31. The van der Waals surface area contributed by atoms with Crippen molar-refractivity contribution in [1.29, 1.82) is 0 Å². The molecule has 1 aliphatic heterocycles. The van der Waals surface area contributed by atoms with Gasteiger partial charge in [0.05, 0.1) is 18.5 Å². The van der Waals surface area contributed by atoms with Crippen molar-refractivity contribution in [3.8, 4) is 11.5 Å². The average molecular weight is 315 g/mol. The number of aromatic amines is 1. The number of hydrogen-bond donors (Lipinski definition) is 2. The van der Waals surface area contributed by atoms with Crippen LogP contribution in [0.5, 0.6) is 0 Å². The Morgan fingerprint density at radius 1 is 1.48 bits per heavy atom. The summed E-state index contributed by atoms with van der Waals surface area (Å²) in [5.74, 6) is 1.02. The second-order valence-electron chi connectivity index (χ2n) is 5.45. The molecule has 1 atom stereocenters. The lowest BCUT2D eigenvalue weighted by molar-refractivity contribution is -0.131. The molecule has 2 aromatic heterocycles. The van der Waals surface area contributed by atoms with Crippen LogP contribution < -0.4 is 5.32 Å². The Balaban J connectivity index is 1.53. The van der Waals surface area contributed by atoms with Gasteiger partial charge in [-0.05, 0) is 5.92 Å². The van der Waals surface area contributed by atoms with Crippen molar-refractivity contribution in [2.45, 2.75) is 32.9 Å². The highest BCUT2D eigenvalue weighted by Gasteiger charge is 2.29. The number of nitrogens with zero attached hydrogens (tertiary/aromatic N) is 5. The first-order valence-electron chi connectivity index (χ1n) is 7.31. The fourth-order valence-electron chi connectivity index (χ4n) is 2.07. The van der Waals surface area contributed by atoms with Crippen LogP contribution in [-0.2, 0) is 16.2 Å².